The minimum Gasteiger partial charge on any atom is -0.457 e. The third-order valence-electron chi connectivity index (χ3n) is 4.92. The number of benzene rings is 1. The Hall–Kier alpha value is -2.59. The summed E-state index contributed by atoms with van der Waals surface area (Å²) in [4.78, 5) is 29.4. The van der Waals surface area contributed by atoms with Gasteiger partial charge in [0.05, 0.1) is 11.5 Å². The van der Waals surface area contributed by atoms with Gasteiger partial charge in [0.1, 0.15) is 10.8 Å². The van der Waals surface area contributed by atoms with Crippen molar-refractivity contribution in [2.75, 3.05) is 6.61 Å². The van der Waals surface area contributed by atoms with Crippen LogP contribution in [0.4, 0.5) is 4.39 Å². The SMILES string of the molecule is Cc1csc([C@H](C#N)C(=O)COC(=O)C2(c3ccc(F)cc3)CCCC2)n1. The molecule has 2 aromatic rings. The van der Waals surface area contributed by atoms with Gasteiger partial charge in [0.2, 0.25) is 0 Å². The van der Waals surface area contributed by atoms with Crippen LogP contribution in [-0.4, -0.2) is 23.3 Å². The van der Waals surface area contributed by atoms with Crippen LogP contribution in [0.5, 0.6) is 0 Å². The molecule has 3 rings (SSSR count). The van der Waals surface area contributed by atoms with Gasteiger partial charge < -0.3 is 4.74 Å². The molecular weight excluding hydrogens is 367 g/mol. The number of nitrogens with zero attached hydrogens (tertiary/aromatic N) is 2. The largest absolute Gasteiger partial charge is 0.457 e. The highest BCUT2D eigenvalue weighted by Crippen LogP contribution is 2.42. The monoisotopic (exact) mass is 386 g/mol. The van der Waals surface area contributed by atoms with E-state index in [0.29, 0.717) is 23.4 Å². The van der Waals surface area contributed by atoms with Gasteiger partial charge in [0, 0.05) is 11.1 Å². The van der Waals surface area contributed by atoms with Gasteiger partial charge in [-0.25, -0.2) is 9.37 Å². The Balaban J connectivity index is 1.72. The maximum absolute atomic E-state index is 13.2. The number of ketones is 1. The number of Topliss-reactive ketones (excluding diaryl/α,β-unsaturated/α-hetero) is 1. The topological polar surface area (TPSA) is 80.0 Å². The Kier molecular flexibility index (Phi) is 5.66. The Bertz CT molecular complexity index is 879. The molecule has 0 amide bonds. The number of halogens is 1. The smallest absolute Gasteiger partial charge is 0.316 e. The number of hydrogen-bond donors (Lipinski definition) is 0. The molecule has 5 nitrogen and oxygen atoms in total. The van der Waals surface area contributed by atoms with Gasteiger partial charge in [0.15, 0.2) is 18.3 Å². The van der Waals surface area contributed by atoms with Crippen molar-refractivity contribution in [2.24, 2.45) is 0 Å². The second kappa shape index (κ2) is 7.97. The van der Waals surface area contributed by atoms with Crippen LogP contribution in [0.25, 0.3) is 0 Å². The Labute approximate surface area is 160 Å². The maximum atomic E-state index is 13.2. The van der Waals surface area contributed by atoms with Crippen molar-refractivity contribution in [1.82, 2.24) is 4.98 Å². The first-order chi connectivity index (χ1) is 13.0. The van der Waals surface area contributed by atoms with Crippen LogP contribution < -0.4 is 0 Å². The summed E-state index contributed by atoms with van der Waals surface area (Å²) >= 11 is 1.24. The molecule has 1 saturated carbocycles. The predicted octanol–water partition coefficient (Wildman–Crippen LogP) is 3.82. The van der Waals surface area contributed by atoms with Crippen LogP contribution in [-0.2, 0) is 19.7 Å². The summed E-state index contributed by atoms with van der Waals surface area (Å²) in [6.07, 6.45) is 2.91. The van der Waals surface area contributed by atoms with Crippen molar-refractivity contribution >= 4 is 23.1 Å². The molecule has 1 aromatic heterocycles. The van der Waals surface area contributed by atoms with Crippen molar-refractivity contribution in [3.8, 4) is 6.07 Å². The van der Waals surface area contributed by atoms with Gasteiger partial charge in [-0.2, -0.15) is 5.26 Å². The van der Waals surface area contributed by atoms with Crippen LogP contribution in [0.15, 0.2) is 29.6 Å². The van der Waals surface area contributed by atoms with Gasteiger partial charge in [-0.3, -0.25) is 9.59 Å². The van der Waals surface area contributed by atoms with Gasteiger partial charge in [-0.1, -0.05) is 25.0 Å². The summed E-state index contributed by atoms with van der Waals surface area (Å²) in [6.45, 7) is 1.31. The predicted molar refractivity (Wildman–Crippen MR) is 97.7 cm³/mol. The van der Waals surface area contributed by atoms with Gasteiger partial charge in [-0.15, -0.1) is 11.3 Å². The van der Waals surface area contributed by atoms with E-state index in [-0.39, 0.29) is 5.82 Å². The van der Waals surface area contributed by atoms with Crippen LogP contribution >= 0.6 is 11.3 Å². The highest BCUT2D eigenvalue weighted by Gasteiger charge is 2.44. The van der Waals surface area contributed by atoms with E-state index >= 15 is 0 Å². The van der Waals surface area contributed by atoms with Crippen LogP contribution in [0.1, 0.15) is 47.9 Å². The summed E-state index contributed by atoms with van der Waals surface area (Å²) in [5.74, 6) is -2.40. The lowest BCUT2D eigenvalue weighted by Gasteiger charge is -2.27. The van der Waals surface area contributed by atoms with E-state index in [9.17, 15) is 19.2 Å². The van der Waals surface area contributed by atoms with E-state index in [1.807, 2.05) is 6.07 Å². The van der Waals surface area contributed by atoms with Crippen LogP contribution in [0.3, 0.4) is 0 Å². The fourth-order valence-electron chi connectivity index (χ4n) is 3.49. The lowest BCUT2D eigenvalue weighted by Crippen LogP contribution is -2.36. The lowest BCUT2D eigenvalue weighted by atomic mass is 9.79. The van der Waals surface area contributed by atoms with E-state index < -0.39 is 29.7 Å². The Morgan fingerprint density at radius 3 is 2.56 bits per heavy atom. The normalized spacial score (nSPS) is 16.5. The maximum Gasteiger partial charge on any atom is 0.316 e. The Morgan fingerprint density at radius 2 is 2.00 bits per heavy atom. The molecule has 140 valence electrons. The standard InChI is InChI=1S/C20H19FN2O3S/c1-13-12-27-18(23-13)16(10-22)17(24)11-26-19(25)20(8-2-3-9-20)14-4-6-15(21)7-5-14/h4-7,12,16H,2-3,8-9,11H2,1H3/t16-/m1/s1. The number of hydrogen-bond acceptors (Lipinski definition) is 6. The zero-order valence-electron chi connectivity index (χ0n) is 14.9. The number of rotatable bonds is 6. The number of thiazole rings is 1. The van der Waals surface area contributed by atoms with Crippen molar-refractivity contribution in [3.63, 3.8) is 0 Å². The number of ether oxygens (including phenoxy) is 1. The first-order valence-corrected chi connectivity index (χ1v) is 9.62. The first-order valence-electron chi connectivity index (χ1n) is 8.74. The Morgan fingerprint density at radius 1 is 1.33 bits per heavy atom. The van der Waals surface area contributed by atoms with Gasteiger partial charge in [0.25, 0.3) is 0 Å². The molecule has 1 aliphatic rings. The number of aromatic nitrogens is 1. The summed E-state index contributed by atoms with van der Waals surface area (Å²) in [6, 6.07) is 7.78. The molecule has 1 aliphatic carbocycles. The van der Waals surface area contributed by atoms with Gasteiger partial charge in [-0.05, 0) is 37.5 Å². The minimum atomic E-state index is -1.04. The second-order valence-corrected chi connectivity index (χ2v) is 7.62. The average molecular weight is 386 g/mol. The third kappa shape index (κ3) is 3.91. The molecule has 0 bridgehead atoms. The molecule has 0 N–H and O–H groups in total. The summed E-state index contributed by atoms with van der Waals surface area (Å²) in [7, 11) is 0. The minimum absolute atomic E-state index is 0.369. The fraction of sp³-hybridized carbons (Fsp3) is 0.400. The molecule has 1 heterocycles. The molecular formula is C20H19FN2O3S. The lowest BCUT2D eigenvalue weighted by molar-refractivity contribution is -0.154. The molecule has 0 aliphatic heterocycles. The van der Waals surface area contributed by atoms with Crippen molar-refractivity contribution in [3.05, 3.63) is 51.7 Å². The van der Waals surface area contributed by atoms with Crippen LogP contribution in [0.2, 0.25) is 0 Å². The zero-order valence-corrected chi connectivity index (χ0v) is 15.7. The number of aryl methyl sites for hydroxylation is 1. The number of carbonyl (C=O) groups excluding carboxylic acids is 2. The van der Waals surface area contributed by atoms with Crippen LogP contribution in [0, 0.1) is 24.1 Å². The highest BCUT2D eigenvalue weighted by molar-refractivity contribution is 7.09. The van der Waals surface area contributed by atoms with E-state index in [1.165, 1.54) is 23.5 Å². The quantitative estimate of drug-likeness (QED) is 0.705. The fourth-order valence-corrected chi connectivity index (χ4v) is 4.35. The molecule has 1 fully saturated rings. The van der Waals surface area contributed by atoms with E-state index in [4.69, 9.17) is 4.74 Å². The molecule has 0 radical (unpaired) electrons. The summed E-state index contributed by atoms with van der Waals surface area (Å²) < 4.78 is 18.6. The second-order valence-electron chi connectivity index (χ2n) is 6.73. The molecule has 1 atom stereocenters. The van der Waals surface area contributed by atoms with E-state index in [1.54, 1.807) is 24.4 Å². The third-order valence-corrected chi connectivity index (χ3v) is 5.95. The molecule has 27 heavy (non-hydrogen) atoms. The van der Waals surface area contributed by atoms with E-state index in [2.05, 4.69) is 4.98 Å². The van der Waals surface area contributed by atoms with Crippen molar-refractivity contribution < 1.29 is 18.7 Å². The van der Waals surface area contributed by atoms with Gasteiger partial charge >= 0.3 is 5.97 Å². The molecule has 0 spiro atoms. The summed E-state index contributed by atoms with van der Waals surface area (Å²) in [5.41, 5.74) is 0.584. The number of carbonyl (C=O) groups is 2. The number of nitriles is 1. The zero-order chi connectivity index (χ0) is 19.4. The summed E-state index contributed by atoms with van der Waals surface area (Å²) in [5, 5.41) is 11.5. The molecule has 0 saturated heterocycles. The molecule has 1 aromatic carbocycles. The van der Waals surface area contributed by atoms with E-state index in [0.717, 1.165) is 18.5 Å². The van der Waals surface area contributed by atoms with Crippen molar-refractivity contribution in [1.29, 1.82) is 5.26 Å². The first kappa shape index (κ1) is 19.2. The average Bonchev–Trinajstić information content (AvgIpc) is 3.31. The highest BCUT2D eigenvalue weighted by atomic mass is 32.1. The number of esters is 1. The van der Waals surface area contributed by atoms with Crippen molar-refractivity contribution in [2.45, 2.75) is 43.9 Å². The molecule has 0 unspecified atom stereocenters. The molecule has 7 heteroatoms.